The smallest absolute Gasteiger partial charge is 0.238 e. The van der Waals surface area contributed by atoms with Crippen LogP contribution in [0.3, 0.4) is 0 Å². The van der Waals surface area contributed by atoms with Crippen molar-refractivity contribution in [3.63, 3.8) is 0 Å². The standard InChI is InChI=1S/C13H19IN2O3/c1-16(7-12(17)9-19-2)8-13(18)15-11-5-3-4-10(14)6-11/h3-6,12,17H,7-9H2,1-2H3,(H,15,18). The van der Waals surface area contributed by atoms with Crippen molar-refractivity contribution < 1.29 is 14.6 Å². The normalized spacial score (nSPS) is 12.5. The molecular formula is C13H19IN2O3. The van der Waals surface area contributed by atoms with E-state index in [0.29, 0.717) is 6.54 Å². The predicted molar refractivity (Wildman–Crippen MR) is 83.2 cm³/mol. The molecule has 0 saturated carbocycles. The largest absolute Gasteiger partial charge is 0.389 e. The van der Waals surface area contributed by atoms with E-state index in [9.17, 15) is 9.90 Å². The van der Waals surface area contributed by atoms with Crippen LogP contribution >= 0.6 is 22.6 Å². The first-order valence-corrected chi connectivity index (χ1v) is 7.00. The summed E-state index contributed by atoms with van der Waals surface area (Å²) in [6.45, 7) is 0.892. The molecule has 0 aliphatic heterocycles. The number of nitrogens with one attached hydrogen (secondary N) is 1. The number of nitrogens with zero attached hydrogens (tertiary/aromatic N) is 1. The zero-order valence-electron chi connectivity index (χ0n) is 11.1. The molecule has 0 fully saturated rings. The van der Waals surface area contributed by atoms with Gasteiger partial charge in [0.25, 0.3) is 0 Å². The molecule has 0 aliphatic rings. The fourth-order valence-corrected chi connectivity index (χ4v) is 2.22. The molecule has 5 nitrogen and oxygen atoms in total. The second-order valence-electron chi connectivity index (χ2n) is 4.36. The minimum Gasteiger partial charge on any atom is -0.389 e. The van der Waals surface area contributed by atoms with Gasteiger partial charge in [-0.05, 0) is 47.8 Å². The van der Waals surface area contributed by atoms with Crippen molar-refractivity contribution in [2.24, 2.45) is 0 Å². The molecule has 1 rings (SSSR count). The molecular weight excluding hydrogens is 359 g/mol. The SMILES string of the molecule is COCC(O)CN(C)CC(=O)Nc1cccc(I)c1. The number of methoxy groups -OCH3 is 1. The van der Waals surface area contributed by atoms with E-state index in [4.69, 9.17) is 4.74 Å². The van der Waals surface area contributed by atoms with Crippen LogP contribution in [0, 0.1) is 3.57 Å². The van der Waals surface area contributed by atoms with E-state index < -0.39 is 6.10 Å². The summed E-state index contributed by atoms with van der Waals surface area (Å²) < 4.78 is 5.91. The van der Waals surface area contributed by atoms with Crippen LogP contribution in [0.25, 0.3) is 0 Å². The maximum atomic E-state index is 11.8. The van der Waals surface area contributed by atoms with E-state index in [0.717, 1.165) is 9.26 Å². The van der Waals surface area contributed by atoms with E-state index in [1.165, 1.54) is 7.11 Å². The van der Waals surface area contributed by atoms with Crippen molar-refractivity contribution in [2.45, 2.75) is 6.10 Å². The fourth-order valence-electron chi connectivity index (χ4n) is 1.68. The molecule has 0 spiro atoms. The van der Waals surface area contributed by atoms with Crippen LogP contribution in [-0.4, -0.2) is 55.9 Å². The lowest BCUT2D eigenvalue weighted by atomic mass is 10.3. The Morgan fingerprint density at radius 1 is 1.58 bits per heavy atom. The molecule has 1 atom stereocenters. The second kappa shape index (κ2) is 8.47. The number of aliphatic hydroxyl groups excluding tert-OH is 1. The van der Waals surface area contributed by atoms with Crippen LogP contribution in [-0.2, 0) is 9.53 Å². The van der Waals surface area contributed by atoms with Crippen molar-refractivity contribution in [1.82, 2.24) is 4.90 Å². The van der Waals surface area contributed by atoms with Gasteiger partial charge in [-0.1, -0.05) is 6.07 Å². The van der Waals surface area contributed by atoms with Crippen LogP contribution in [0.4, 0.5) is 5.69 Å². The summed E-state index contributed by atoms with van der Waals surface area (Å²) in [6, 6.07) is 7.60. The summed E-state index contributed by atoms with van der Waals surface area (Å²) in [7, 11) is 3.32. The topological polar surface area (TPSA) is 61.8 Å². The Morgan fingerprint density at radius 2 is 2.32 bits per heavy atom. The molecule has 6 heteroatoms. The van der Waals surface area contributed by atoms with Crippen molar-refractivity contribution in [2.75, 3.05) is 39.2 Å². The Bertz CT molecular complexity index is 415. The van der Waals surface area contributed by atoms with Gasteiger partial charge in [-0.25, -0.2) is 0 Å². The highest BCUT2D eigenvalue weighted by Crippen LogP contribution is 2.12. The molecule has 0 aromatic heterocycles. The summed E-state index contributed by atoms with van der Waals surface area (Å²) in [4.78, 5) is 13.6. The molecule has 1 aromatic rings. The van der Waals surface area contributed by atoms with Crippen LogP contribution < -0.4 is 5.32 Å². The summed E-state index contributed by atoms with van der Waals surface area (Å²) in [5.74, 6) is -0.103. The molecule has 2 N–H and O–H groups in total. The van der Waals surface area contributed by atoms with Gasteiger partial charge < -0.3 is 15.2 Å². The number of rotatable bonds is 7. The maximum Gasteiger partial charge on any atom is 0.238 e. The van der Waals surface area contributed by atoms with Gasteiger partial charge in [0.15, 0.2) is 0 Å². The van der Waals surface area contributed by atoms with Gasteiger partial charge in [0.05, 0.1) is 19.3 Å². The minimum absolute atomic E-state index is 0.103. The van der Waals surface area contributed by atoms with Crippen LogP contribution in [0.15, 0.2) is 24.3 Å². The van der Waals surface area contributed by atoms with Crippen LogP contribution in [0.1, 0.15) is 0 Å². The van der Waals surface area contributed by atoms with Gasteiger partial charge in [-0.3, -0.25) is 9.69 Å². The molecule has 1 aromatic carbocycles. The second-order valence-corrected chi connectivity index (χ2v) is 5.61. The molecule has 0 saturated heterocycles. The molecule has 0 bridgehead atoms. The number of ether oxygens (including phenoxy) is 1. The zero-order chi connectivity index (χ0) is 14.3. The van der Waals surface area contributed by atoms with Crippen molar-refractivity contribution >= 4 is 34.2 Å². The number of halogens is 1. The Morgan fingerprint density at radius 3 is 2.95 bits per heavy atom. The molecule has 0 radical (unpaired) electrons. The Balaban J connectivity index is 2.38. The average Bonchev–Trinajstić information content (AvgIpc) is 2.28. The monoisotopic (exact) mass is 378 g/mol. The summed E-state index contributed by atoms with van der Waals surface area (Å²) in [5, 5.41) is 12.4. The summed E-state index contributed by atoms with van der Waals surface area (Å²) in [5.41, 5.74) is 0.780. The molecule has 106 valence electrons. The zero-order valence-corrected chi connectivity index (χ0v) is 13.3. The van der Waals surface area contributed by atoms with Crippen molar-refractivity contribution in [1.29, 1.82) is 0 Å². The number of benzene rings is 1. The van der Waals surface area contributed by atoms with Gasteiger partial charge in [0.2, 0.25) is 5.91 Å². The third-order valence-corrected chi connectivity index (χ3v) is 3.07. The van der Waals surface area contributed by atoms with Crippen LogP contribution in [0.5, 0.6) is 0 Å². The number of amides is 1. The first-order chi connectivity index (χ1) is 9.01. The number of carbonyl (C=O) groups excluding carboxylic acids is 1. The Hall–Kier alpha value is -0.700. The van der Waals surface area contributed by atoms with E-state index >= 15 is 0 Å². The summed E-state index contributed by atoms with van der Waals surface area (Å²) in [6.07, 6.45) is -0.583. The van der Waals surface area contributed by atoms with Crippen LogP contribution in [0.2, 0.25) is 0 Å². The van der Waals surface area contributed by atoms with E-state index in [-0.39, 0.29) is 19.1 Å². The first-order valence-electron chi connectivity index (χ1n) is 5.92. The van der Waals surface area contributed by atoms with Crippen molar-refractivity contribution in [3.8, 4) is 0 Å². The lowest BCUT2D eigenvalue weighted by Gasteiger charge is -2.19. The fraction of sp³-hybridized carbons (Fsp3) is 0.462. The molecule has 0 aliphatic carbocycles. The highest BCUT2D eigenvalue weighted by atomic mass is 127. The lowest BCUT2D eigenvalue weighted by molar-refractivity contribution is -0.117. The highest BCUT2D eigenvalue weighted by molar-refractivity contribution is 14.1. The van der Waals surface area contributed by atoms with Gasteiger partial charge in [0, 0.05) is 22.9 Å². The van der Waals surface area contributed by atoms with Gasteiger partial charge in [-0.2, -0.15) is 0 Å². The number of likely N-dealkylation sites (N-methyl/N-ethyl adjacent to an activating group) is 1. The quantitative estimate of drug-likeness (QED) is 0.700. The number of hydrogen-bond acceptors (Lipinski definition) is 4. The average molecular weight is 378 g/mol. The number of hydrogen-bond donors (Lipinski definition) is 2. The Labute approximate surface area is 127 Å². The van der Waals surface area contributed by atoms with E-state index in [1.807, 2.05) is 24.3 Å². The molecule has 1 unspecified atom stereocenters. The Kier molecular flexibility index (Phi) is 7.29. The maximum absolute atomic E-state index is 11.8. The lowest BCUT2D eigenvalue weighted by Crippen LogP contribution is -2.37. The number of aliphatic hydroxyl groups is 1. The third-order valence-electron chi connectivity index (χ3n) is 2.40. The van der Waals surface area contributed by atoms with Crippen molar-refractivity contribution in [3.05, 3.63) is 27.8 Å². The third kappa shape index (κ3) is 6.86. The van der Waals surface area contributed by atoms with Gasteiger partial charge in [0.1, 0.15) is 0 Å². The minimum atomic E-state index is -0.583. The predicted octanol–water partition coefficient (Wildman–Crippen LogP) is 1.17. The molecule has 0 heterocycles. The molecule has 19 heavy (non-hydrogen) atoms. The van der Waals surface area contributed by atoms with Gasteiger partial charge >= 0.3 is 0 Å². The molecule has 1 amide bonds. The number of anilines is 1. The van der Waals surface area contributed by atoms with E-state index in [1.54, 1.807) is 11.9 Å². The highest BCUT2D eigenvalue weighted by Gasteiger charge is 2.11. The first kappa shape index (κ1) is 16.4. The van der Waals surface area contributed by atoms with Gasteiger partial charge in [-0.15, -0.1) is 0 Å². The summed E-state index contributed by atoms with van der Waals surface area (Å²) >= 11 is 2.19. The number of carbonyl (C=O) groups is 1. The van der Waals surface area contributed by atoms with E-state index in [2.05, 4.69) is 27.9 Å².